The van der Waals surface area contributed by atoms with Crippen molar-refractivity contribution in [3.63, 3.8) is 0 Å². The van der Waals surface area contributed by atoms with Crippen LogP contribution >= 0.6 is 0 Å². The number of aliphatic carboxylic acids is 1. The molecule has 400 valence electrons. The van der Waals surface area contributed by atoms with Crippen molar-refractivity contribution >= 4 is 70.1 Å². The Balaban J connectivity index is 1.41. The number of hydrogen-bond acceptors (Lipinski definition) is 11. The minimum atomic E-state index is -1.49. The Morgan fingerprint density at radius 1 is 0.838 bits per heavy atom. The summed E-state index contributed by atoms with van der Waals surface area (Å²) in [6.07, 6.45) is 3.94. The van der Waals surface area contributed by atoms with Gasteiger partial charge in [-0.1, -0.05) is 53.7 Å². The fourth-order valence-electron chi connectivity index (χ4n) is 10.5. The average molecular weight is 1030 g/mol. The number of fused-ring (bicyclic) bond motifs is 14. The van der Waals surface area contributed by atoms with Gasteiger partial charge in [-0.2, -0.15) is 0 Å². The number of nitrogens with one attached hydrogen (secondary N) is 8. The second kappa shape index (κ2) is 23.1. The van der Waals surface area contributed by atoms with Crippen LogP contribution in [-0.2, 0) is 56.0 Å². The molecule has 2 saturated heterocycles. The fraction of sp³-hybridized carbons (Fsp3) is 0.580. The molecule has 2 fully saturated rings. The van der Waals surface area contributed by atoms with Gasteiger partial charge in [0.1, 0.15) is 60.5 Å². The molecular weight excluding hydrogens is 957 g/mol. The molecule has 2 aromatic heterocycles. The van der Waals surface area contributed by atoms with Crippen molar-refractivity contribution in [3.05, 3.63) is 47.5 Å². The van der Waals surface area contributed by atoms with Crippen molar-refractivity contribution in [3.8, 4) is 5.82 Å². The highest BCUT2D eigenvalue weighted by Crippen LogP contribution is 2.35. The molecule has 5 aliphatic rings. The number of rotatable bonds is 11. The highest BCUT2D eigenvalue weighted by atomic mass is 16.4. The van der Waals surface area contributed by atoms with Gasteiger partial charge in [0.15, 0.2) is 5.96 Å². The summed E-state index contributed by atoms with van der Waals surface area (Å²) < 4.78 is 1.61. The molecule has 74 heavy (non-hydrogen) atoms. The molecule has 0 aliphatic carbocycles. The number of carboxylic acid groups (broad SMARTS) is 1. The molecule has 8 amide bonds. The third-order valence-electron chi connectivity index (χ3n) is 14.2. The lowest BCUT2D eigenvalue weighted by atomic mass is 9.81. The van der Waals surface area contributed by atoms with Gasteiger partial charge in [-0.05, 0) is 67.9 Å². The van der Waals surface area contributed by atoms with E-state index in [2.05, 4.69) is 52.2 Å². The Morgan fingerprint density at radius 3 is 2.23 bits per heavy atom. The Labute approximate surface area is 428 Å². The van der Waals surface area contributed by atoms with Crippen LogP contribution in [0.2, 0.25) is 0 Å². The van der Waals surface area contributed by atoms with Crippen LogP contribution in [0.25, 0.3) is 16.7 Å². The molecule has 1 aromatic carbocycles. The minimum Gasteiger partial charge on any atom is -0.480 e. The summed E-state index contributed by atoms with van der Waals surface area (Å²) in [5.74, 6) is -7.88. The lowest BCUT2D eigenvalue weighted by molar-refractivity contribution is -0.143. The first kappa shape index (κ1) is 54.2. The summed E-state index contributed by atoms with van der Waals surface area (Å²) in [5.41, 5.74) is 12.9. The van der Waals surface area contributed by atoms with E-state index in [0.717, 1.165) is 0 Å². The van der Waals surface area contributed by atoms with Gasteiger partial charge < -0.3 is 63.7 Å². The van der Waals surface area contributed by atoms with Crippen LogP contribution in [0.3, 0.4) is 0 Å². The topological polar surface area (TPSA) is 359 Å². The number of carbonyl (C=O) groups excluding carboxylic acids is 8. The molecule has 9 atom stereocenters. The van der Waals surface area contributed by atoms with E-state index in [-0.39, 0.29) is 93.9 Å². The van der Waals surface area contributed by atoms with Crippen LogP contribution in [-0.4, -0.2) is 145 Å². The van der Waals surface area contributed by atoms with Crippen LogP contribution in [0.15, 0.2) is 35.7 Å². The van der Waals surface area contributed by atoms with E-state index in [9.17, 15) is 43.5 Å². The molecule has 13 N–H and O–H groups in total. The number of H-pyrrole nitrogens is 1. The lowest BCUT2D eigenvalue weighted by Gasteiger charge is -2.33. The summed E-state index contributed by atoms with van der Waals surface area (Å²) in [6, 6.07) is -4.35. The molecule has 24 nitrogen and oxygen atoms in total. The van der Waals surface area contributed by atoms with Crippen molar-refractivity contribution in [2.45, 2.75) is 154 Å². The molecule has 0 unspecified atom stereocenters. The third kappa shape index (κ3) is 12.4. The number of imidazole rings is 1. The Hall–Kier alpha value is -7.53. The number of carboxylic acids is 1. The number of nitrogens with zero attached hydrogens (tertiary/aromatic N) is 4. The number of aliphatic imine (C=N–C) groups is 1. The Bertz CT molecular complexity index is 2690. The molecule has 8 rings (SSSR count). The van der Waals surface area contributed by atoms with E-state index in [4.69, 9.17) is 11.5 Å². The Kier molecular flexibility index (Phi) is 17.0. The normalized spacial score (nSPS) is 26.3. The van der Waals surface area contributed by atoms with E-state index in [1.165, 1.54) is 11.2 Å². The first-order valence-electron chi connectivity index (χ1n) is 25.5. The van der Waals surface area contributed by atoms with Gasteiger partial charge in [-0.15, -0.1) is 0 Å². The fourth-order valence-corrected chi connectivity index (χ4v) is 10.5. The van der Waals surface area contributed by atoms with Gasteiger partial charge in [-0.25, -0.2) is 9.78 Å². The number of benzene rings is 1. The van der Waals surface area contributed by atoms with Crippen molar-refractivity contribution < 1.29 is 48.3 Å². The second-order valence-corrected chi connectivity index (χ2v) is 20.9. The molecule has 3 aromatic rings. The second-order valence-electron chi connectivity index (χ2n) is 20.9. The number of guanidine groups is 1. The number of carbonyl (C=O) groups is 9. The van der Waals surface area contributed by atoms with Crippen molar-refractivity contribution in [1.82, 2.24) is 56.7 Å². The molecule has 0 radical (unpaired) electrons. The first-order valence-corrected chi connectivity index (χ1v) is 25.5. The summed E-state index contributed by atoms with van der Waals surface area (Å²) in [4.78, 5) is 140. The van der Waals surface area contributed by atoms with Gasteiger partial charge in [0.2, 0.25) is 47.3 Å². The molecule has 0 saturated carbocycles. The third-order valence-corrected chi connectivity index (χ3v) is 14.2. The zero-order valence-electron chi connectivity index (χ0n) is 42.7. The molecule has 7 heterocycles. The van der Waals surface area contributed by atoms with E-state index in [1.54, 1.807) is 24.6 Å². The molecule has 7 bridgehead atoms. The van der Waals surface area contributed by atoms with Crippen molar-refractivity contribution in [2.75, 3.05) is 13.1 Å². The summed E-state index contributed by atoms with van der Waals surface area (Å²) in [7, 11) is 0. The Morgan fingerprint density at radius 2 is 1.57 bits per heavy atom. The number of amides is 8. The zero-order valence-corrected chi connectivity index (χ0v) is 42.7. The number of nitrogens with two attached hydrogens (primary N) is 2. The monoisotopic (exact) mass is 1030 g/mol. The molecule has 5 aliphatic heterocycles. The maximum Gasteiger partial charge on any atom is 0.326 e. The van der Waals surface area contributed by atoms with E-state index in [1.807, 2.05) is 45.9 Å². The minimum absolute atomic E-state index is 0.00936. The standard InChI is InChI=1S/C50H70N14O10/c1-23(2)17-33-44(68)61-39(25(5)6)46(70)59-34-20-29-28-12-11-26(38(24(3)4)40(47(71)58-33)62-43(67)31-13-14-37(65)55-31)18-32(28)56-41(29)63-21-27(54-22-63)19-35(49(73)74)60-42(66)30(9-7-15-53-50(51)52)57-45(69)36-10-8-16-64(36)48(34)72/h11-12,18,21-25,30-31,33-36,38-40,56H,7-10,13-17,19-20H2,1-6H3,(H,55,65)(H,57,69)(H,58,71)(H,59,70)(H,60,66)(H,61,68)(H,62,67)(H,73,74)(H4,51,52,53)/t30-,31+,33-,34+,35+,36-,38-,39-,40-/m1/s1. The predicted molar refractivity (Wildman–Crippen MR) is 270 cm³/mol. The van der Waals surface area contributed by atoms with Crippen LogP contribution in [0.4, 0.5) is 0 Å². The van der Waals surface area contributed by atoms with Gasteiger partial charge in [0.05, 0.1) is 5.69 Å². The smallest absolute Gasteiger partial charge is 0.326 e. The highest BCUT2D eigenvalue weighted by molar-refractivity contribution is 6.00. The van der Waals surface area contributed by atoms with Crippen LogP contribution < -0.4 is 48.7 Å². The van der Waals surface area contributed by atoms with E-state index < -0.39 is 107 Å². The molecule has 0 spiro atoms. The average Bonchev–Trinajstić information content (AvgIpc) is 4.17. The largest absolute Gasteiger partial charge is 0.480 e. The van der Waals surface area contributed by atoms with Gasteiger partial charge in [-0.3, -0.25) is 47.9 Å². The molecular formula is C50H70N14O10. The lowest BCUT2D eigenvalue weighted by Crippen LogP contribution is -2.61. The quantitative estimate of drug-likeness (QED) is 0.0487. The van der Waals surface area contributed by atoms with Gasteiger partial charge in [0, 0.05) is 60.9 Å². The summed E-state index contributed by atoms with van der Waals surface area (Å²) >= 11 is 0. The summed E-state index contributed by atoms with van der Waals surface area (Å²) in [5, 5.41) is 30.6. The van der Waals surface area contributed by atoms with Crippen molar-refractivity contribution in [2.24, 2.45) is 34.2 Å². The van der Waals surface area contributed by atoms with Crippen LogP contribution in [0, 0.1) is 17.8 Å². The highest BCUT2D eigenvalue weighted by Gasteiger charge is 2.43. The van der Waals surface area contributed by atoms with E-state index in [0.29, 0.717) is 34.3 Å². The van der Waals surface area contributed by atoms with E-state index >= 15 is 4.79 Å². The maximum absolute atomic E-state index is 15.3. The zero-order chi connectivity index (χ0) is 53.7. The molecule has 24 heteroatoms. The number of hydrogen-bond donors (Lipinski definition) is 11. The van der Waals surface area contributed by atoms with Gasteiger partial charge >= 0.3 is 5.97 Å². The summed E-state index contributed by atoms with van der Waals surface area (Å²) in [6.45, 7) is 11.2. The number of aromatic amines is 1. The van der Waals surface area contributed by atoms with Crippen molar-refractivity contribution in [1.29, 1.82) is 0 Å². The SMILES string of the molecule is CC(C)C[C@H]1NC(=O)[C@H](NC(=O)[C@@H]2CCC(=O)N2)[C@H](C(C)C)c2ccc3c4c([nH]c3c2)-n2cnc(c2)C[C@@H](C(=O)O)NC(=O)[C@@H](CCCN=C(N)N)NC(=O)[C@H]2CCCN2C(=O)[C@H](C4)NC(=O)[C@@H](C(C)C)NC1=O. The maximum atomic E-state index is 15.3. The van der Waals surface area contributed by atoms with Crippen LogP contribution in [0.5, 0.6) is 0 Å². The van der Waals surface area contributed by atoms with Crippen LogP contribution in [0.1, 0.15) is 109 Å². The first-order chi connectivity index (χ1) is 35.1. The van der Waals surface area contributed by atoms with Gasteiger partial charge in [0.25, 0.3) is 0 Å². The predicted octanol–water partition coefficient (Wildman–Crippen LogP) is -0.776. The number of aromatic nitrogens is 3.